The van der Waals surface area contributed by atoms with E-state index in [2.05, 4.69) is 28.9 Å². The number of anilines is 1. The van der Waals surface area contributed by atoms with E-state index in [1.165, 1.54) is 18.2 Å². The van der Waals surface area contributed by atoms with E-state index in [0.717, 1.165) is 19.3 Å². The molecule has 0 atom stereocenters. The second-order valence-electron chi connectivity index (χ2n) is 5.12. The van der Waals surface area contributed by atoms with E-state index in [4.69, 9.17) is 12.2 Å². The molecule has 1 rings (SSSR count). The fourth-order valence-electron chi connectivity index (χ4n) is 1.86. The van der Waals surface area contributed by atoms with Crippen LogP contribution >= 0.6 is 12.2 Å². The molecule has 1 aromatic carbocycles. The lowest BCUT2D eigenvalue weighted by Crippen LogP contribution is -2.33. The number of nitrogens with one attached hydrogen (secondary N) is 3. The van der Waals surface area contributed by atoms with Crippen molar-refractivity contribution in [2.75, 3.05) is 11.9 Å². The summed E-state index contributed by atoms with van der Waals surface area (Å²) in [6, 6.07) is 6.08. The Balaban J connectivity index is 2.56. The number of hydrogen-bond donors (Lipinski definition) is 3. The number of carbonyl (C=O) groups excluding carboxylic acids is 1. The first-order chi connectivity index (χ1) is 11.4. The van der Waals surface area contributed by atoms with E-state index in [1.54, 1.807) is 12.1 Å². The van der Waals surface area contributed by atoms with E-state index in [0.29, 0.717) is 12.1 Å². The molecule has 0 heterocycles. The molecule has 8 heteroatoms. The Kier molecular flexibility index (Phi) is 8.59. The zero-order valence-corrected chi connectivity index (χ0v) is 15.3. The van der Waals surface area contributed by atoms with Gasteiger partial charge in [-0.25, -0.2) is 13.1 Å². The van der Waals surface area contributed by atoms with Crippen molar-refractivity contribution in [1.29, 1.82) is 0 Å². The molecule has 0 unspecified atom stereocenters. The maximum absolute atomic E-state index is 11.9. The van der Waals surface area contributed by atoms with Crippen LogP contribution in [0.25, 0.3) is 0 Å². The highest BCUT2D eigenvalue weighted by molar-refractivity contribution is 7.89. The third kappa shape index (κ3) is 7.20. The second kappa shape index (κ2) is 10.2. The molecule has 24 heavy (non-hydrogen) atoms. The molecule has 0 bridgehead atoms. The molecule has 3 N–H and O–H groups in total. The number of carbonyl (C=O) groups is 1. The van der Waals surface area contributed by atoms with Crippen molar-refractivity contribution in [3.63, 3.8) is 0 Å². The maximum atomic E-state index is 11.9. The molecule has 6 nitrogen and oxygen atoms in total. The molecule has 0 spiro atoms. The van der Waals surface area contributed by atoms with Crippen LogP contribution in [-0.4, -0.2) is 26.0 Å². The molecule has 0 aromatic heterocycles. The highest BCUT2D eigenvalue weighted by Gasteiger charge is 2.12. The van der Waals surface area contributed by atoms with Gasteiger partial charge in [-0.1, -0.05) is 25.8 Å². The van der Waals surface area contributed by atoms with Crippen LogP contribution in [-0.2, 0) is 14.8 Å². The molecule has 0 fully saturated rings. The highest BCUT2D eigenvalue weighted by Crippen LogP contribution is 2.13. The summed E-state index contributed by atoms with van der Waals surface area (Å²) in [5, 5.41) is 5.64. The molecule has 132 valence electrons. The van der Waals surface area contributed by atoms with Crippen molar-refractivity contribution in [3.8, 4) is 0 Å². The average Bonchev–Trinajstić information content (AvgIpc) is 2.53. The standard InChI is InChI=1S/C16H23N3O3S2/c1-3-5-6-7-15(20)19-16(23)18-13-8-10-14(11-9-13)24(21,22)17-12-4-2/h4,8-11,17H,2-3,5-7,12H2,1H3,(H2,18,19,20,23). The Morgan fingerprint density at radius 1 is 1.25 bits per heavy atom. The van der Waals surface area contributed by atoms with Crippen LogP contribution in [0.1, 0.15) is 32.6 Å². The van der Waals surface area contributed by atoms with E-state index < -0.39 is 10.0 Å². The van der Waals surface area contributed by atoms with Crippen molar-refractivity contribution < 1.29 is 13.2 Å². The summed E-state index contributed by atoms with van der Waals surface area (Å²) < 4.78 is 26.3. The van der Waals surface area contributed by atoms with Crippen molar-refractivity contribution in [2.24, 2.45) is 0 Å². The van der Waals surface area contributed by atoms with Gasteiger partial charge in [-0.2, -0.15) is 0 Å². The summed E-state index contributed by atoms with van der Waals surface area (Å²) in [4.78, 5) is 11.8. The van der Waals surface area contributed by atoms with Gasteiger partial charge in [0.25, 0.3) is 0 Å². The average molecular weight is 370 g/mol. The first-order valence-corrected chi connectivity index (χ1v) is 9.59. The third-order valence-electron chi connectivity index (χ3n) is 3.10. The fraction of sp³-hybridized carbons (Fsp3) is 0.375. The number of hydrogen-bond acceptors (Lipinski definition) is 4. The van der Waals surface area contributed by atoms with Gasteiger partial charge in [-0.05, 0) is 42.9 Å². The summed E-state index contributed by atoms with van der Waals surface area (Å²) in [6.07, 6.45) is 4.78. The monoisotopic (exact) mass is 369 g/mol. The first-order valence-electron chi connectivity index (χ1n) is 7.70. The van der Waals surface area contributed by atoms with E-state index in [1.807, 2.05) is 0 Å². The lowest BCUT2D eigenvalue weighted by Gasteiger charge is -2.10. The number of benzene rings is 1. The minimum Gasteiger partial charge on any atom is -0.332 e. The van der Waals surface area contributed by atoms with E-state index in [9.17, 15) is 13.2 Å². The quantitative estimate of drug-likeness (QED) is 0.354. The van der Waals surface area contributed by atoms with Gasteiger partial charge in [0.15, 0.2) is 5.11 Å². The van der Waals surface area contributed by atoms with Crippen molar-refractivity contribution in [1.82, 2.24) is 10.0 Å². The van der Waals surface area contributed by atoms with Gasteiger partial charge in [-0.15, -0.1) is 6.58 Å². The number of thiocarbonyl (C=S) groups is 1. The molecule has 0 aliphatic carbocycles. The predicted octanol–water partition coefficient (Wildman–Crippen LogP) is 2.54. The molecule has 0 aliphatic rings. The van der Waals surface area contributed by atoms with Gasteiger partial charge in [0.1, 0.15) is 0 Å². The van der Waals surface area contributed by atoms with Crippen molar-refractivity contribution in [3.05, 3.63) is 36.9 Å². The molecule has 1 aromatic rings. The maximum Gasteiger partial charge on any atom is 0.240 e. The van der Waals surface area contributed by atoms with Gasteiger partial charge in [0, 0.05) is 18.7 Å². The van der Waals surface area contributed by atoms with Crippen LogP contribution in [0.2, 0.25) is 0 Å². The lowest BCUT2D eigenvalue weighted by atomic mass is 10.2. The van der Waals surface area contributed by atoms with Gasteiger partial charge >= 0.3 is 0 Å². The predicted molar refractivity (Wildman–Crippen MR) is 100 cm³/mol. The summed E-state index contributed by atoms with van der Waals surface area (Å²) in [7, 11) is -3.55. The van der Waals surface area contributed by atoms with Crippen molar-refractivity contribution >= 4 is 38.9 Å². The van der Waals surface area contributed by atoms with Crippen LogP contribution in [0.4, 0.5) is 5.69 Å². The summed E-state index contributed by atoms with van der Waals surface area (Å²) in [5.74, 6) is -0.131. The second-order valence-corrected chi connectivity index (χ2v) is 7.30. The van der Waals surface area contributed by atoms with Crippen LogP contribution in [0.15, 0.2) is 41.8 Å². The molecule has 0 radical (unpaired) electrons. The number of amides is 1. The highest BCUT2D eigenvalue weighted by atomic mass is 32.2. The lowest BCUT2D eigenvalue weighted by molar-refractivity contribution is -0.119. The Morgan fingerprint density at radius 2 is 1.92 bits per heavy atom. The van der Waals surface area contributed by atoms with Gasteiger partial charge in [-0.3, -0.25) is 4.79 Å². The van der Waals surface area contributed by atoms with Crippen molar-refractivity contribution in [2.45, 2.75) is 37.5 Å². The van der Waals surface area contributed by atoms with Gasteiger partial charge in [0.2, 0.25) is 15.9 Å². The van der Waals surface area contributed by atoms with Crippen LogP contribution in [0, 0.1) is 0 Å². The Bertz CT molecular complexity index is 670. The minimum absolute atomic E-state index is 0.131. The molecular weight excluding hydrogens is 346 g/mol. The first kappa shape index (κ1) is 20.3. The summed E-state index contributed by atoms with van der Waals surface area (Å²) in [5.41, 5.74) is 0.594. The topological polar surface area (TPSA) is 87.3 Å². The normalized spacial score (nSPS) is 10.9. The summed E-state index contributed by atoms with van der Waals surface area (Å²) >= 11 is 5.07. The van der Waals surface area contributed by atoms with Crippen LogP contribution in [0.3, 0.4) is 0 Å². The minimum atomic E-state index is -3.55. The largest absolute Gasteiger partial charge is 0.332 e. The third-order valence-corrected chi connectivity index (χ3v) is 4.74. The molecule has 0 saturated carbocycles. The van der Waals surface area contributed by atoms with Crippen LogP contribution < -0.4 is 15.4 Å². The smallest absolute Gasteiger partial charge is 0.240 e. The number of sulfonamides is 1. The van der Waals surface area contributed by atoms with Crippen LogP contribution in [0.5, 0.6) is 0 Å². The Labute approximate surface area is 148 Å². The molecule has 0 aliphatic heterocycles. The zero-order chi connectivity index (χ0) is 18.0. The number of unbranched alkanes of at least 4 members (excludes halogenated alkanes) is 2. The Hall–Kier alpha value is -1.77. The number of rotatable bonds is 9. The molecule has 0 saturated heterocycles. The molecule has 1 amide bonds. The van der Waals surface area contributed by atoms with Gasteiger partial charge < -0.3 is 10.6 Å². The van der Waals surface area contributed by atoms with E-state index >= 15 is 0 Å². The fourth-order valence-corrected chi connectivity index (χ4v) is 3.09. The summed E-state index contributed by atoms with van der Waals surface area (Å²) in [6.45, 7) is 5.70. The van der Waals surface area contributed by atoms with E-state index in [-0.39, 0.29) is 22.5 Å². The SMILES string of the molecule is C=CCNS(=O)(=O)c1ccc(NC(=S)NC(=O)CCCCC)cc1. The zero-order valence-electron chi connectivity index (χ0n) is 13.7. The molecular formula is C16H23N3O3S2. The Morgan fingerprint density at radius 3 is 2.50 bits per heavy atom. The van der Waals surface area contributed by atoms with Gasteiger partial charge in [0.05, 0.1) is 4.90 Å².